The first-order valence-electron chi connectivity index (χ1n) is 6.29. The first kappa shape index (κ1) is 12.4. The van der Waals surface area contributed by atoms with Gasteiger partial charge in [-0.2, -0.15) is 0 Å². The van der Waals surface area contributed by atoms with Gasteiger partial charge in [0.05, 0.1) is 0 Å². The Labute approximate surface area is 115 Å². The van der Waals surface area contributed by atoms with E-state index in [0.717, 1.165) is 5.39 Å². The summed E-state index contributed by atoms with van der Waals surface area (Å²) in [6, 6.07) is 10.8. The molecule has 0 spiro atoms. The number of Topliss-reactive ketones (excluding diaryl/α,β-unsaturated/α-hetero) is 2. The van der Waals surface area contributed by atoms with Gasteiger partial charge in [0.25, 0.3) is 0 Å². The first-order valence-corrected chi connectivity index (χ1v) is 6.29. The molecule has 1 aliphatic rings. The molecule has 3 heteroatoms. The maximum Gasteiger partial charge on any atom is 0.234 e. The van der Waals surface area contributed by atoms with Crippen molar-refractivity contribution in [3.05, 3.63) is 65.8 Å². The Kier molecular flexibility index (Phi) is 2.75. The molecule has 2 aromatic carbocycles. The van der Waals surface area contributed by atoms with Gasteiger partial charge in [-0.25, -0.2) is 0 Å². The van der Waals surface area contributed by atoms with E-state index in [1.165, 1.54) is 6.08 Å². The number of carbonyl (C=O) groups is 2. The lowest BCUT2D eigenvalue weighted by molar-refractivity contribution is -0.112. The quantitative estimate of drug-likeness (QED) is 0.667. The van der Waals surface area contributed by atoms with E-state index in [-0.39, 0.29) is 17.8 Å². The van der Waals surface area contributed by atoms with Crippen LogP contribution in [0.2, 0.25) is 0 Å². The standard InChI is InChI=1S/C17H12O3/c1-2-5-13-15(18)12-9-8-10-6-3-4-7-11(10)14(12)17(20)16(13)19/h2-4,6-9,18H,1,5H2. The van der Waals surface area contributed by atoms with Crippen LogP contribution >= 0.6 is 0 Å². The van der Waals surface area contributed by atoms with Gasteiger partial charge >= 0.3 is 0 Å². The van der Waals surface area contributed by atoms with Crippen molar-refractivity contribution >= 4 is 28.1 Å². The molecular weight excluding hydrogens is 252 g/mol. The maximum atomic E-state index is 12.3. The van der Waals surface area contributed by atoms with Crippen LogP contribution in [-0.4, -0.2) is 16.7 Å². The average molecular weight is 264 g/mol. The average Bonchev–Trinajstić information content (AvgIpc) is 2.48. The minimum absolute atomic E-state index is 0.116. The number of hydrogen-bond donors (Lipinski definition) is 1. The second-order valence-corrected chi connectivity index (χ2v) is 4.69. The number of hydrogen-bond acceptors (Lipinski definition) is 3. The van der Waals surface area contributed by atoms with Gasteiger partial charge in [0.15, 0.2) is 0 Å². The molecule has 0 atom stereocenters. The molecule has 0 radical (unpaired) electrons. The zero-order chi connectivity index (χ0) is 14.3. The molecule has 0 aliphatic heterocycles. The largest absolute Gasteiger partial charge is 0.507 e. The van der Waals surface area contributed by atoms with E-state index >= 15 is 0 Å². The Morgan fingerprint density at radius 2 is 1.80 bits per heavy atom. The maximum absolute atomic E-state index is 12.3. The fourth-order valence-corrected chi connectivity index (χ4v) is 2.57. The van der Waals surface area contributed by atoms with Crippen molar-refractivity contribution in [1.29, 1.82) is 0 Å². The lowest BCUT2D eigenvalue weighted by Gasteiger charge is -2.18. The summed E-state index contributed by atoms with van der Waals surface area (Å²) in [7, 11) is 0. The van der Waals surface area contributed by atoms with Crippen LogP contribution in [0, 0.1) is 0 Å². The Hall–Kier alpha value is -2.68. The zero-order valence-electron chi connectivity index (χ0n) is 10.7. The second kappa shape index (κ2) is 4.46. The summed E-state index contributed by atoms with van der Waals surface area (Å²) >= 11 is 0. The molecule has 0 bridgehead atoms. The van der Waals surface area contributed by atoms with Crippen molar-refractivity contribution < 1.29 is 14.7 Å². The number of aliphatic hydroxyl groups is 1. The van der Waals surface area contributed by atoms with Gasteiger partial charge in [-0.05, 0) is 23.3 Å². The van der Waals surface area contributed by atoms with Crippen LogP contribution in [0.5, 0.6) is 0 Å². The fourth-order valence-electron chi connectivity index (χ4n) is 2.57. The number of allylic oxidation sites excluding steroid dienone is 2. The molecule has 1 aliphatic carbocycles. The molecule has 0 saturated heterocycles. The van der Waals surface area contributed by atoms with Gasteiger partial charge in [0, 0.05) is 16.7 Å². The smallest absolute Gasteiger partial charge is 0.234 e. The molecule has 20 heavy (non-hydrogen) atoms. The summed E-state index contributed by atoms with van der Waals surface area (Å²) in [4.78, 5) is 24.4. The summed E-state index contributed by atoms with van der Waals surface area (Å²) in [5, 5.41) is 11.8. The third-order valence-corrected chi connectivity index (χ3v) is 3.53. The van der Waals surface area contributed by atoms with Crippen molar-refractivity contribution in [3.8, 4) is 0 Å². The number of carbonyl (C=O) groups excluding carboxylic acids is 2. The topological polar surface area (TPSA) is 54.4 Å². The van der Waals surface area contributed by atoms with Gasteiger partial charge < -0.3 is 5.11 Å². The summed E-state index contributed by atoms with van der Waals surface area (Å²) in [5.74, 6) is -1.33. The van der Waals surface area contributed by atoms with Gasteiger partial charge in [-0.1, -0.05) is 36.4 Å². The molecule has 3 nitrogen and oxygen atoms in total. The monoisotopic (exact) mass is 264 g/mol. The molecule has 98 valence electrons. The predicted molar refractivity (Wildman–Crippen MR) is 77.6 cm³/mol. The van der Waals surface area contributed by atoms with Crippen LogP contribution in [0.15, 0.2) is 54.6 Å². The van der Waals surface area contributed by atoms with Crippen LogP contribution < -0.4 is 0 Å². The Morgan fingerprint density at radius 1 is 1.05 bits per heavy atom. The summed E-state index contributed by atoms with van der Waals surface area (Å²) in [5.41, 5.74) is 0.830. The van der Waals surface area contributed by atoms with Gasteiger partial charge in [-0.3, -0.25) is 9.59 Å². The molecule has 0 aromatic heterocycles. The van der Waals surface area contributed by atoms with E-state index in [0.29, 0.717) is 16.5 Å². The number of ketones is 2. The third-order valence-electron chi connectivity index (χ3n) is 3.53. The van der Waals surface area contributed by atoms with Crippen molar-refractivity contribution in [1.82, 2.24) is 0 Å². The minimum atomic E-state index is -0.647. The van der Waals surface area contributed by atoms with Crippen LogP contribution in [-0.2, 0) is 4.79 Å². The first-order chi connectivity index (χ1) is 9.65. The van der Waals surface area contributed by atoms with E-state index in [2.05, 4.69) is 6.58 Å². The van der Waals surface area contributed by atoms with E-state index in [9.17, 15) is 14.7 Å². The molecular formula is C17H12O3. The zero-order valence-corrected chi connectivity index (χ0v) is 10.7. The van der Waals surface area contributed by atoms with Crippen molar-refractivity contribution in [2.24, 2.45) is 0 Å². The lowest BCUT2D eigenvalue weighted by Crippen LogP contribution is -2.24. The molecule has 0 amide bonds. The Morgan fingerprint density at radius 3 is 2.55 bits per heavy atom. The molecule has 0 saturated carbocycles. The summed E-state index contributed by atoms with van der Waals surface area (Å²) in [6.45, 7) is 3.55. The second-order valence-electron chi connectivity index (χ2n) is 4.69. The molecule has 2 aromatic rings. The van der Waals surface area contributed by atoms with E-state index < -0.39 is 11.6 Å². The number of rotatable bonds is 2. The highest BCUT2D eigenvalue weighted by molar-refractivity contribution is 6.53. The van der Waals surface area contributed by atoms with Crippen LogP contribution in [0.4, 0.5) is 0 Å². The van der Waals surface area contributed by atoms with Gasteiger partial charge in [0.1, 0.15) is 5.76 Å². The minimum Gasteiger partial charge on any atom is -0.507 e. The summed E-state index contributed by atoms with van der Waals surface area (Å²) in [6.07, 6.45) is 1.69. The van der Waals surface area contributed by atoms with E-state index in [4.69, 9.17) is 0 Å². The van der Waals surface area contributed by atoms with E-state index in [1.807, 2.05) is 18.2 Å². The Bertz CT molecular complexity index is 797. The molecule has 3 rings (SSSR count). The predicted octanol–water partition coefficient (Wildman–Crippen LogP) is 3.45. The van der Waals surface area contributed by atoms with Gasteiger partial charge in [0.2, 0.25) is 11.6 Å². The van der Waals surface area contributed by atoms with Crippen molar-refractivity contribution in [2.45, 2.75) is 6.42 Å². The van der Waals surface area contributed by atoms with Crippen LogP contribution in [0.25, 0.3) is 16.5 Å². The highest BCUT2D eigenvalue weighted by Gasteiger charge is 2.33. The highest BCUT2D eigenvalue weighted by atomic mass is 16.3. The fraction of sp³-hybridized carbons (Fsp3) is 0.0588. The SMILES string of the molecule is C=CCC1=C(O)c2ccc3ccccc3c2C(=O)C1=O. The van der Waals surface area contributed by atoms with Crippen molar-refractivity contribution in [3.63, 3.8) is 0 Å². The van der Waals surface area contributed by atoms with E-state index in [1.54, 1.807) is 18.2 Å². The molecule has 0 heterocycles. The van der Waals surface area contributed by atoms with Crippen LogP contribution in [0.3, 0.4) is 0 Å². The molecule has 1 N–H and O–H groups in total. The highest BCUT2D eigenvalue weighted by Crippen LogP contribution is 2.34. The summed E-state index contributed by atoms with van der Waals surface area (Å²) < 4.78 is 0. The molecule has 0 unspecified atom stereocenters. The normalized spacial score (nSPS) is 14.6. The van der Waals surface area contributed by atoms with Crippen LogP contribution in [0.1, 0.15) is 22.3 Å². The van der Waals surface area contributed by atoms with Gasteiger partial charge in [-0.15, -0.1) is 6.58 Å². The van der Waals surface area contributed by atoms with Crippen molar-refractivity contribution in [2.75, 3.05) is 0 Å². The third kappa shape index (κ3) is 1.60. The number of benzene rings is 2. The number of aliphatic hydroxyl groups excluding tert-OH is 1. The molecule has 0 fully saturated rings. The number of fused-ring (bicyclic) bond motifs is 3. The lowest BCUT2D eigenvalue weighted by atomic mass is 9.84. The Balaban J connectivity index is 2.39.